The summed E-state index contributed by atoms with van der Waals surface area (Å²) in [5.74, 6) is -0.561. The van der Waals surface area contributed by atoms with E-state index in [2.05, 4.69) is 10.4 Å². The van der Waals surface area contributed by atoms with E-state index in [1.165, 1.54) is 24.3 Å². The lowest BCUT2D eigenvalue weighted by atomic mass is 10.1. The minimum atomic E-state index is -0.619. The summed E-state index contributed by atoms with van der Waals surface area (Å²) in [6.07, 6.45) is 0. The summed E-state index contributed by atoms with van der Waals surface area (Å²) in [6, 6.07) is 18.7. The number of benzene rings is 3. The molecule has 0 saturated heterocycles. The summed E-state index contributed by atoms with van der Waals surface area (Å²) in [7, 11) is 0. The lowest BCUT2D eigenvalue weighted by Crippen LogP contribution is -2.35. The second kappa shape index (κ2) is 7.76. The van der Waals surface area contributed by atoms with Crippen LogP contribution in [0.5, 0.6) is 0 Å². The highest BCUT2D eigenvalue weighted by Crippen LogP contribution is 2.23. The molecule has 0 spiro atoms. The van der Waals surface area contributed by atoms with Gasteiger partial charge in [-0.05, 0) is 24.3 Å². The van der Waals surface area contributed by atoms with Gasteiger partial charge in [-0.15, -0.1) is 0 Å². The van der Waals surface area contributed by atoms with Gasteiger partial charge in [0.25, 0.3) is 17.2 Å². The van der Waals surface area contributed by atoms with Crippen LogP contribution in [-0.2, 0) is 0 Å². The zero-order chi connectivity index (χ0) is 21.3. The Bertz CT molecular complexity index is 1370. The van der Waals surface area contributed by atoms with Crippen LogP contribution in [0.1, 0.15) is 10.4 Å². The number of nitrogens with one attached hydrogen (secondary N) is 1. The number of nitro benzene ring substituents is 1. The van der Waals surface area contributed by atoms with Gasteiger partial charge >= 0.3 is 0 Å². The Morgan fingerprint density at radius 1 is 1.03 bits per heavy atom. The molecule has 0 saturated carbocycles. The van der Waals surface area contributed by atoms with Crippen molar-refractivity contribution < 1.29 is 9.72 Å². The van der Waals surface area contributed by atoms with E-state index in [1.807, 2.05) is 0 Å². The molecule has 0 atom stereocenters. The molecule has 9 heteroatoms. The first-order chi connectivity index (χ1) is 14.5. The number of hydrogen-bond donors (Lipinski definition) is 1. The van der Waals surface area contributed by atoms with E-state index in [1.54, 1.807) is 48.5 Å². The maximum atomic E-state index is 13.1. The average molecular weight is 421 g/mol. The van der Waals surface area contributed by atoms with E-state index in [-0.39, 0.29) is 27.5 Å². The van der Waals surface area contributed by atoms with Crippen LogP contribution in [0.25, 0.3) is 22.3 Å². The van der Waals surface area contributed by atoms with Crippen molar-refractivity contribution in [3.05, 3.63) is 104 Å². The second-order valence-corrected chi connectivity index (χ2v) is 6.73. The zero-order valence-corrected chi connectivity index (χ0v) is 16.0. The van der Waals surface area contributed by atoms with Crippen molar-refractivity contribution in [2.45, 2.75) is 0 Å². The Morgan fingerprint density at radius 3 is 2.53 bits per heavy atom. The Kier molecular flexibility index (Phi) is 4.99. The number of nitrogens with zero attached hydrogens (tertiary/aromatic N) is 3. The monoisotopic (exact) mass is 420 g/mol. The fraction of sp³-hybridized carbons (Fsp3) is 0. The number of aromatic nitrogens is 2. The number of halogens is 1. The van der Waals surface area contributed by atoms with E-state index in [0.29, 0.717) is 11.1 Å². The Balaban J connectivity index is 1.92. The number of non-ortho nitro benzene ring substituents is 1. The summed E-state index contributed by atoms with van der Waals surface area (Å²) in [6.45, 7) is 0. The standard InChI is InChI=1S/C21H13ClN4O4/c22-17-10-3-1-8-15(17)20(27)24-25-19(13-6-5-7-14(12-13)26(29)30)23-18-11-4-2-9-16(18)21(25)28/h1-12H,(H,24,27). The third-order valence-electron chi connectivity index (χ3n) is 4.42. The molecule has 4 rings (SSSR count). The first-order valence-corrected chi connectivity index (χ1v) is 9.16. The van der Waals surface area contributed by atoms with Crippen molar-refractivity contribution in [3.8, 4) is 11.4 Å². The first kappa shape index (κ1) is 19.3. The summed E-state index contributed by atoms with van der Waals surface area (Å²) >= 11 is 6.09. The minimum absolute atomic E-state index is 0.0582. The highest BCUT2D eigenvalue weighted by atomic mass is 35.5. The molecule has 0 aliphatic rings. The van der Waals surface area contributed by atoms with Crippen LogP contribution in [0.3, 0.4) is 0 Å². The van der Waals surface area contributed by atoms with Crippen LogP contribution in [0.2, 0.25) is 5.02 Å². The maximum absolute atomic E-state index is 13.1. The summed E-state index contributed by atoms with van der Waals surface area (Å²) < 4.78 is 0.979. The third-order valence-corrected chi connectivity index (χ3v) is 4.75. The number of fused-ring (bicyclic) bond motifs is 1. The van der Waals surface area contributed by atoms with Crippen LogP contribution in [-0.4, -0.2) is 20.5 Å². The molecule has 3 aromatic carbocycles. The molecular formula is C21H13ClN4O4. The molecule has 8 nitrogen and oxygen atoms in total. The zero-order valence-electron chi connectivity index (χ0n) is 15.3. The van der Waals surface area contributed by atoms with E-state index in [4.69, 9.17) is 11.6 Å². The molecule has 0 fully saturated rings. The Morgan fingerprint density at radius 2 is 1.77 bits per heavy atom. The van der Waals surface area contributed by atoms with Gasteiger partial charge in [0.05, 0.1) is 26.4 Å². The van der Waals surface area contributed by atoms with Gasteiger partial charge in [-0.3, -0.25) is 25.1 Å². The van der Waals surface area contributed by atoms with Gasteiger partial charge in [0, 0.05) is 17.7 Å². The predicted octanol–water partition coefficient (Wildman–Crippen LogP) is 4.01. The number of nitro groups is 1. The molecule has 0 radical (unpaired) electrons. The molecule has 0 aliphatic heterocycles. The highest BCUT2D eigenvalue weighted by molar-refractivity contribution is 6.34. The summed E-state index contributed by atoms with van der Waals surface area (Å²) in [5, 5.41) is 11.7. The molecular weight excluding hydrogens is 408 g/mol. The molecule has 30 heavy (non-hydrogen) atoms. The van der Waals surface area contributed by atoms with Crippen LogP contribution >= 0.6 is 11.6 Å². The molecule has 0 bridgehead atoms. The van der Waals surface area contributed by atoms with Crippen molar-refractivity contribution in [1.29, 1.82) is 0 Å². The maximum Gasteiger partial charge on any atom is 0.280 e. The van der Waals surface area contributed by atoms with E-state index in [9.17, 15) is 19.7 Å². The SMILES string of the molecule is O=C(Nn1c(-c2cccc([N+](=O)[O-])c2)nc2ccccc2c1=O)c1ccccc1Cl. The normalized spacial score (nSPS) is 10.7. The fourth-order valence-corrected chi connectivity index (χ4v) is 3.22. The van der Waals surface area contributed by atoms with Crippen molar-refractivity contribution in [3.63, 3.8) is 0 Å². The highest BCUT2D eigenvalue weighted by Gasteiger charge is 2.18. The smallest absolute Gasteiger partial charge is 0.267 e. The number of para-hydroxylation sites is 1. The third kappa shape index (κ3) is 3.51. The van der Waals surface area contributed by atoms with Crippen LogP contribution in [0.15, 0.2) is 77.6 Å². The number of amides is 1. The lowest BCUT2D eigenvalue weighted by molar-refractivity contribution is -0.384. The van der Waals surface area contributed by atoms with Gasteiger partial charge in [0.15, 0.2) is 5.82 Å². The minimum Gasteiger partial charge on any atom is -0.267 e. The van der Waals surface area contributed by atoms with E-state index >= 15 is 0 Å². The molecule has 1 heterocycles. The molecule has 1 aromatic heterocycles. The molecule has 148 valence electrons. The topological polar surface area (TPSA) is 107 Å². The van der Waals surface area contributed by atoms with E-state index < -0.39 is 16.4 Å². The van der Waals surface area contributed by atoms with Gasteiger partial charge in [-0.25, -0.2) is 4.98 Å². The summed E-state index contributed by atoms with van der Waals surface area (Å²) in [5.41, 5.74) is 2.69. The van der Waals surface area contributed by atoms with Crippen molar-refractivity contribution in [2.75, 3.05) is 5.43 Å². The van der Waals surface area contributed by atoms with Crippen LogP contribution in [0.4, 0.5) is 5.69 Å². The van der Waals surface area contributed by atoms with Crippen LogP contribution < -0.4 is 11.0 Å². The van der Waals surface area contributed by atoms with Crippen LogP contribution in [0, 0.1) is 10.1 Å². The van der Waals surface area contributed by atoms with Gasteiger partial charge in [-0.1, -0.05) is 48.0 Å². The average Bonchev–Trinajstić information content (AvgIpc) is 2.76. The number of carbonyl (C=O) groups excluding carboxylic acids is 1. The van der Waals surface area contributed by atoms with E-state index in [0.717, 1.165) is 4.68 Å². The summed E-state index contributed by atoms with van der Waals surface area (Å²) in [4.78, 5) is 41.0. The molecule has 4 aromatic rings. The largest absolute Gasteiger partial charge is 0.280 e. The van der Waals surface area contributed by atoms with Crippen molar-refractivity contribution in [1.82, 2.24) is 9.66 Å². The van der Waals surface area contributed by atoms with Crippen molar-refractivity contribution >= 4 is 34.1 Å². The lowest BCUT2D eigenvalue weighted by Gasteiger charge is -2.15. The molecule has 1 N–H and O–H groups in total. The number of hydrogen-bond acceptors (Lipinski definition) is 5. The number of carbonyl (C=O) groups is 1. The molecule has 1 amide bonds. The first-order valence-electron chi connectivity index (χ1n) is 8.78. The predicted molar refractivity (Wildman–Crippen MR) is 113 cm³/mol. The van der Waals surface area contributed by atoms with Gasteiger partial charge in [-0.2, -0.15) is 4.68 Å². The van der Waals surface area contributed by atoms with Gasteiger partial charge < -0.3 is 0 Å². The van der Waals surface area contributed by atoms with Gasteiger partial charge in [0.2, 0.25) is 0 Å². The second-order valence-electron chi connectivity index (χ2n) is 6.32. The Labute approximate surface area is 174 Å². The fourth-order valence-electron chi connectivity index (χ4n) is 3.00. The van der Waals surface area contributed by atoms with Gasteiger partial charge in [0.1, 0.15) is 0 Å². The Hall–Kier alpha value is -4.04. The number of rotatable bonds is 4. The molecule has 0 unspecified atom stereocenters. The van der Waals surface area contributed by atoms with Crippen molar-refractivity contribution in [2.24, 2.45) is 0 Å². The molecule has 0 aliphatic carbocycles. The quantitative estimate of drug-likeness (QED) is 0.396.